The van der Waals surface area contributed by atoms with Crippen molar-refractivity contribution < 1.29 is 9.53 Å². The smallest absolute Gasteiger partial charge is 0.310 e. The number of aryl methyl sites for hydroxylation is 1. The van der Waals surface area contributed by atoms with Gasteiger partial charge in [-0.25, -0.2) is 0 Å². The number of benzene rings is 1. The van der Waals surface area contributed by atoms with E-state index in [9.17, 15) is 4.79 Å². The standard InChI is InChI=1S/C13H19NO2/c1-2-16-13(15)10-12-7-5-11(6-8-12)4-3-9-14/h5-8H,2-4,9-10,14H2,1H3. The first-order valence-corrected chi connectivity index (χ1v) is 5.69. The highest BCUT2D eigenvalue weighted by atomic mass is 16.5. The number of carbonyl (C=O) groups is 1. The van der Waals surface area contributed by atoms with Crippen LogP contribution in [0, 0.1) is 0 Å². The Morgan fingerprint density at radius 1 is 1.25 bits per heavy atom. The van der Waals surface area contributed by atoms with E-state index in [2.05, 4.69) is 0 Å². The van der Waals surface area contributed by atoms with E-state index in [1.54, 1.807) is 0 Å². The fourth-order valence-electron chi connectivity index (χ4n) is 1.51. The van der Waals surface area contributed by atoms with Crippen LogP contribution in [-0.2, 0) is 22.4 Å². The van der Waals surface area contributed by atoms with Gasteiger partial charge < -0.3 is 10.5 Å². The first-order chi connectivity index (χ1) is 7.76. The van der Waals surface area contributed by atoms with Gasteiger partial charge in [-0.1, -0.05) is 24.3 Å². The SMILES string of the molecule is CCOC(=O)Cc1ccc(CCCN)cc1. The molecule has 1 rings (SSSR count). The predicted molar refractivity (Wildman–Crippen MR) is 64.2 cm³/mol. The molecule has 0 aliphatic rings. The lowest BCUT2D eigenvalue weighted by Crippen LogP contribution is -2.07. The lowest BCUT2D eigenvalue weighted by atomic mass is 10.1. The lowest BCUT2D eigenvalue weighted by Gasteiger charge is -2.04. The molecule has 0 unspecified atom stereocenters. The van der Waals surface area contributed by atoms with Crippen LogP contribution in [0.4, 0.5) is 0 Å². The molecule has 3 nitrogen and oxygen atoms in total. The summed E-state index contributed by atoms with van der Waals surface area (Å²) in [6, 6.07) is 8.04. The summed E-state index contributed by atoms with van der Waals surface area (Å²) in [5, 5.41) is 0. The summed E-state index contributed by atoms with van der Waals surface area (Å²) in [6.45, 7) is 2.96. The third-order valence-electron chi connectivity index (χ3n) is 2.35. The minimum atomic E-state index is -0.169. The third kappa shape index (κ3) is 4.45. The maximum Gasteiger partial charge on any atom is 0.310 e. The maximum atomic E-state index is 11.2. The molecule has 0 aliphatic carbocycles. The Morgan fingerprint density at radius 3 is 2.44 bits per heavy atom. The molecule has 0 fully saturated rings. The Bertz CT molecular complexity index is 319. The highest BCUT2D eigenvalue weighted by Crippen LogP contribution is 2.07. The van der Waals surface area contributed by atoms with Crippen molar-refractivity contribution >= 4 is 5.97 Å². The average molecular weight is 221 g/mol. The summed E-state index contributed by atoms with van der Waals surface area (Å²) in [6.07, 6.45) is 2.35. The van der Waals surface area contributed by atoms with Gasteiger partial charge >= 0.3 is 5.97 Å². The molecule has 0 heterocycles. The van der Waals surface area contributed by atoms with E-state index in [4.69, 9.17) is 10.5 Å². The van der Waals surface area contributed by atoms with Crippen LogP contribution in [0.15, 0.2) is 24.3 Å². The monoisotopic (exact) mass is 221 g/mol. The summed E-state index contributed by atoms with van der Waals surface area (Å²) < 4.78 is 4.89. The van der Waals surface area contributed by atoms with Crippen LogP contribution in [0.3, 0.4) is 0 Å². The van der Waals surface area contributed by atoms with E-state index < -0.39 is 0 Å². The maximum absolute atomic E-state index is 11.2. The van der Waals surface area contributed by atoms with E-state index in [1.807, 2.05) is 31.2 Å². The molecule has 0 aromatic heterocycles. The van der Waals surface area contributed by atoms with Crippen molar-refractivity contribution in [1.82, 2.24) is 0 Å². The van der Waals surface area contributed by atoms with Crippen LogP contribution in [0.2, 0.25) is 0 Å². The molecule has 0 saturated heterocycles. The third-order valence-corrected chi connectivity index (χ3v) is 2.35. The minimum absolute atomic E-state index is 0.169. The molecule has 0 saturated carbocycles. The van der Waals surface area contributed by atoms with Crippen molar-refractivity contribution in [2.45, 2.75) is 26.2 Å². The molecular formula is C13H19NO2. The number of esters is 1. The lowest BCUT2D eigenvalue weighted by molar-refractivity contribution is -0.142. The molecule has 3 heteroatoms. The van der Waals surface area contributed by atoms with Crippen LogP contribution in [0.25, 0.3) is 0 Å². The fourth-order valence-corrected chi connectivity index (χ4v) is 1.51. The zero-order chi connectivity index (χ0) is 11.8. The quantitative estimate of drug-likeness (QED) is 0.744. The molecule has 0 aliphatic heterocycles. The van der Waals surface area contributed by atoms with Gasteiger partial charge in [0.1, 0.15) is 0 Å². The Morgan fingerprint density at radius 2 is 1.88 bits per heavy atom. The minimum Gasteiger partial charge on any atom is -0.466 e. The van der Waals surface area contributed by atoms with E-state index in [-0.39, 0.29) is 5.97 Å². The number of carbonyl (C=O) groups excluding carboxylic acids is 1. The van der Waals surface area contributed by atoms with Gasteiger partial charge in [0.25, 0.3) is 0 Å². The Kier molecular flexibility index (Phi) is 5.57. The van der Waals surface area contributed by atoms with Crippen LogP contribution < -0.4 is 5.73 Å². The Balaban J connectivity index is 2.47. The second-order valence-corrected chi connectivity index (χ2v) is 3.69. The normalized spacial score (nSPS) is 10.1. The Hall–Kier alpha value is -1.35. The highest BCUT2D eigenvalue weighted by Gasteiger charge is 2.03. The topological polar surface area (TPSA) is 52.3 Å². The van der Waals surface area contributed by atoms with Crippen molar-refractivity contribution in [3.05, 3.63) is 35.4 Å². The van der Waals surface area contributed by atoms with Gasteiger partial charge in [-0.15, -0.1) is 0 Å². The van der Waals surface area contributed by atoms with E-state index in [0.29, 0.717) is 19.6 Å². The largest absolute Gasteiger partial charge is 0.466 e. The molecule has 0 radical (unpaired) electrons. The molecule has 2 N–H and O–H groups in total. The van der Waals surface area contributed by atoms with Crippen molar-refractivity contribution in [2.75, 3.05) is 13.2 Å². The number of hydrogen-bond donors (Lipinski definition) is 1. The number of rotatable bonds is 6. The summed E-state index contributed by atoms with van der Waals surface area (Å²) in [7, 11) is 0. The van der Waals surface area contributed by atoms with Gasteiger partial charge in [-0.05, 0) is 37.4 Å². The number of ether oxygens (including phenoxy) is 1. The van der Waals surface area contributed by atoms with Gasteiger partial charge in [0.15, 0.2) is 0 Å². The molecule has 0 bridgehead atoms. The predicted octanol–water partition coefficient (Wildman–Crippen LogP) is 1.68. The van der Waals surface area contributed by atoms with E-state index in [0.717, 1.165) is 18.4 Å². The van der Waals surface area contributed by atoms with Crippen LogP contribution in [0.5, 0.6) is 0 Å². The zero-order valence-corrected chi connectivity index (χ0v) is 9.74. The van der Waals surface area contributed by atoms with Gasteiger partial charge in [0.05, 0.1) is 13.0 Å². The van der Waals surface area contributed by atoms with E-state index >= 15 is 0 Å². The number of hydrogen-bond acceptors (Lipinski definition) is 3. The second kappa shape index (κ2) is 7.01. The second-order valence-electron chi connectivity index (χ2n) is 3.69. The van der Waals surface area contributed by atoms with Gasteiger partial charge in [0, 0.05) is 0 Å². The first kappa shape index (κ1) is 12.7. The average Bonchev–Trinajstić information content (AvgIpc) is 2.28. The van der Waals surface area contributed by atoms with Crippen molar-refractivity contribution in [3.63, 3.8) is 0 Å². The Labute approximate surface area is 96.6 Å². The molecule has 0 spiro atoms. The van der Waals surface area contributed by atoms with Crippen LogP contribution in [0.1, 0.15) is 24.5 Å². The highest BCUT2D eigenvalue weighted by molar-refractivity contribution is 5.72. The summed E-state index contributed by atoms with van der Waals surface area (Å²) in [5.41, 5.74) is 7.70. The molecular weight excluding hydrogens is 202 g/mol. The molecule has 0 amide bonds. The van der Waals surface area contributed by atoms with Gasteiger partial charge in [-0.3, -0.25) is 4.79 Å². The van der Waals surface area contributed by atoms with Gasteiger partial charge in [-0.2, -0.15) is 0 Å². The summed E-state index contributed by atoms with van der Waals surface area (Å²) in [5.74, 6) is -0.169. The van der Waals surface area contributed by atoms with Gasteiger partial charge in [0.2, 0.25) is 0 Å². The van der Waals surface area contributed by atoms with Crippen LogP contribution in [-0.4, -0.2) is 19.1 Å². The first-order valence-electron chi connectivity index (χ1n) is 5.69. The molecule has 16 heavy (non-hydrogen) atoms. The van der Waals surface area contributed by atoms with Crippen molar-refractivity contribution in [3.8, 4) is 0 Å². The summed E-state index contributed by atoms with van der Waals surface area (Å²) in [4.78, 5) is 11.2. The molecule has 0 atom stereocenters. The van der Waals surface area contributed by atoms with E-state index in [1.165, 1.54) is 5.56 Å². The van der Waals surface area contributed by atoms with Crippen LogP contribution >= 0.6 is 0 Å². The molecule has 1 aromatic rings. The zero-order valence-electron chi connectivity index (χ0n) is 9.74. The van der Waals surface area contributed by atoms with Crippen molar-refractivity contribution in [2.24, 2.45) is 5.73 Å². The number of nitrogens with two attached hydrogens (primary N) is 1. The molecule has 88 valence electrons. The fraction of sp³-hybridized carbons (Fsp3) is 0.462. The summed E-state index contributed by atoms with van der Waals surface area (Å²) >= 11 is 0. The van der Waals surface area contributed by atoms with Crippen molar-refractivity contribution in [1.29, 1.82) is 0 Å². The molecule has 1 aromatic carbocycles.